The standard InChI is InChI=1S/C20H24N2O2S/c1-12-6-7-13(2)17(10-12)15(4)21-20(25)22-18-11-16(19(23)24-5)9-8-14(18)3/h6-11,15H,1-5H3,(H2,21,22,25). The van der Waals surface area contributed by atoms with Crippen molar-refractivity contribution in [3.63, 3.8) is 0 Å². The van der Waals surface area contributed by atoms with Gasteiger partial charge in [-0.1, -0.05) is 29.8 Å². The lowest BCUT2D eigenvalue weighted by molar-refractivity contribution is 0.0601. The fraction of sp³-hybridized carbons (Fsp3) is 0.300. The Balaban J connectivity index is 2.12. The largest absolute Gasteiger partial charge is 0.465 e. The van der Waals surface area contributed by atoms with E-state index in [0.29, 0.717) is 10.7 Å². The Morgan fingerprint density at radius 1 is 1.08 bits per heavy atom. The summed E-state index contributed by atoms with van der Waals surface area (Å²) in [5.41, 5.74) is 5.92. The summed E-state index contributed by atoms with van der Waals surface area (Å²) in [5.74, 6) is -0.370. The summed E-state index contributed by atoms with van der Waals surface area (Å²) in [6, 6.07) is 11.8. The van der Waals surface area contributed by atoms with Crippen LogP contribution in [-0.2, 0) is 4.74 Å². The van der Waals surface area contributed by atoms with Crippen molar-refractivity contribution in [2.24, 2.45) is 0 Å². The molecule has 0 aliphatic rings. The molecule has 0 radical (unpaired) electrons. The molecule has 2 N–H and O–H groups in total. The molecule has 2 aromatic rings. The average Bonchev–Trinajstić information content (AvgIpc) is 2.58. The van der Waals surface area contributed by atoms with E-state index in [0.717, 1.165) is 11.3 Å². The van der Waals surface area contributed by atoms with Crippen LogP contribution in [0.3, 0.4) is 0 Å². The molecule has 2 aromatic carbocycles. The van der Waals surface area contributed by atoms with Crippen molar-refractivity contribution in [2.45, 2.75) is 33.7 Å². The van der Waals surface area contributed by atoms with Gasteiger partial charge in [-0.2, -0.15) is 0 Å². The number of ether oxygens (including phenoxy) is 1. The second kappa shape index (κ2) is 8.12. The predicted molar refractivity (Wildman–Crippen MR) is 106 cm³/mol. The third-order valence-electron chi connectivity index (χ3n) is 4.16. The molecule has 0 spiro atoms. The number of hydrogen-bond acceptors (Lipinski definition) is 3. The van der Waals surface area contributed by atoms with Crippen LogP contribution in [0.4, 0.5) is 5.69 Å². The fourth-order valence-electron chi connectivity index (χ4n) is 2.66. The Morgan fingerprint density at radius 2 is 1.76 bits per heavy atom. The highest BCUT2D eigenvalue weighted by molar-refractivity contribution is 7.80. The van der Waals surface area contributed by atoms with Crippen LogP contribution >= 0.6 is 12.2 Å². The summed E-state index contributed by atoms with van der Waals surface area (Å²) in [6.07, 6.45) is 0. The maximum absolute atomic E-state index is 11.7. The first-order valence-corrected chi connectivity index (χ1v) is 8.56. The molecule has 0 saturated heterocycles. The number of aryl methyl sites for hydroxylation is 3. The van der Waals surface area contributed by atoms with Crippen LogP contribution in [-0.4, -0.2) is 18.2 Å². The van der Waals surface area contributed by atoms with Gasteiger partial charge >= 0.3 is 5.97 Å². The Morgan fingerprint density at radius 3 is 2.44 bits per heavy atom. The average molecular weight is 356 g/mol. The zero-order valence-electron chi connectivity index (χ0n) is 15.3. The maximum atomic E-state index is 11.7. The Kier molecular flexibility index (Phi) is 6.15. The number of esters is 1. The topological polar surface area (TPSA) is 50.4 Å². The third kappa shape index (κ3) is 4.79. The van der Waals surface area contributed by atoms with Crippen molar-refractivity contribution in [2.75, 3.05) is 12.4 Å². The van der Waals surface area contributed by atoms with Crippen LogP contribution in [0.2, 0.25) is 0 Å². The molecule has 0 fully saturated rings. The van der Waals surface area contributed by atoms with Crippen molar-refractivity contribution >= 4 is 29.0 Å². The van der Waals surface area contributed by atoms with Gasteiger partial charge in [0.05, 0.1) is 18.7 Å². The van der Waals surface area contributed by atoms with E-state index in [1.165, 1.54) is 23.8 Å². The van der Waals surface area contributed by atoms with Gasteiger partial charge in [0, 0.05) is 5.69 Å². The minimum absolute atomic E-state index is 0.0731. The van der Waals surface area contributed by atoms with E-state index in [-0.39, 0.29) is 12.0 Å². The molecule has 0 amide bonds. The SMILES string of the molecule is COC(=O)c1ccc(C)c(NC(=S)NC(C)c2cc(C)ccc2C)c1. The molecule has 132 valence electrons. The number of nitrogens with one attached hydrogen (secondary N) is 2. The summed E-state index contributed by atoms with van der Waals surface area (Å²) < 4.78 is 4.77. The molecule has 0 saturated carbocycles. The lowest BCUT2D eigenvalue weighted by Gasteiger charge is -2.20. The Bertz CT molecular complexity index is 802. The quantitative estimate of drug-likeness (QED) is 0.626. The molecular weight excluding hydrogens is 332 g/mol. The van der Waals surface area contributed by atoms with E-state index in [1.54, 1.807) is 12.1 Å². The smallest absolute Gasteiger partial charge is 0.337 e. The van der Waals surface area contributed by atoms with E-state index in [9.17, 15) is 4.79 Å². The lowest BCUT2D eigenvalue weighted by Crippen LogP contribution is -2.31. The molecule has 0 aliphatic heterocycles. The number of methoxy groups -OCH3 is 1. The summed E-state index contributed by atoms with van der Waals surface area (Å²) >= 11 is 5.45. The van der Waals surface area contributed by atoms with Gasteiger partial charge in [-0.15, -0.1) is 0 Å². The highest BCUT2D eigenvalue weighted by atomic mass is 32.1. The van der Waals surface area contributed by atoms with Gasteiger partial charge in [0.15, 0.2) is 5.11 Å². The number of hydrogen-bond donors (Lipinski definition) is 2. The van der Waals surface area contributed by atoms with E-state index in [2.05, 4.69) is 49.6 Å². The molecule has 0 aliphatic carbocycles. The van der Waals surface area contributed by atoms with E-state index < -0.39 is 0 Å². The molecule has 25 heavy (non-hydrogen) atoms. The molecule has 4 nitrogen and oxygen atoms in total. The zero-order valence-corrected chi connectivity index (χ0v) is 16.1. The minimum atomic E-state index is -0.370. The van der Waals surface area contributed by atoms with E-state index in [4.69, 9.17) is 17.0 Å². The molecular formula is C20H24N2O2S. The first-order chi connectivity index (χ1) is 11.8. The van der Waals surface area contributed by atoms with Gasteiger partial charge < -0.3 is 15.4 Å². The van der Waals surface area contributed by atoms with Gasteiger partial charge in [-0.05, 0) is 68.7 Å². The zero-order chi connectivity index (χ0) is 18.6. The number of rotatable bonds is 4. The molecule has 0 aromatic heterocycles. The Hall–Kier alpha value is -2.40. The monoisotopic (exact) mass is 356 g/mol. The van der Waals surface area contributed by atoms with Gasteiger partial charge in [-0.3, -0.25) is 0 Å². The molecule has 1 unspecified atom stereocenters. The molecule has 1 atom stereocenters. The van der Waals surface area contributed by atoms with Crippen LogP contribution in [0.25, 0.3) is 0 Å². The number of thiocarbonyl (C=S) groups is 1. The fourth-order valence-corrected chi connectivity index (χ4v) is 2.95. The Labute approximate surface area is 154 Å². The van der Waals surface area contributed by atoms with Crippen LogP contribution in [0.5, 0.6) is 0 Å². The highest BCUT2D eigenvalue weighted by Crippen LogP contribution is 2.20. The number of carbonyl (C=O) groups is 1. The van der Waals surface area contributed by atoms with Crippen molar-refractivity contribution < 1.29 is 9.53 Å². The normalized spacial score (nSPS) is 11.6. The lowest BCUT2D eigenvalue weighted by atomic mass is 10.0. The summed E-state index contributed by atoms with van der Waals surface area (Å²) in [7, 11) is 1.37. The number of anilines is 1. The summed E-state index contributed by atoms with van der Waals surface area (Å²) in [5, 5.41) is 7.00. The number of carbonyl (C=O) groups excluding carboxylic acids is 1. The van der Waals surface area contributed by atoms with Crippen molar-refractivity contribution in [3.05, 3.63) is 64.2 Å². The van der Waals surface area contributed by atoms with E-state index >= 15 is 0 Å². The van der Waals surface area contributed by atoms with Crippen molar-refractivity contribution in [1.82, 2.24) is 5.32 Å². The second-order valence-corrected chi connectivity index (χ2v) is 6.61. The van der Waals surface area contributed by atoms with Crippen molar-refractivity contribution in [1.29, 1.82) is 0 Å². The predicted octanol–water partition coefficient (Wildman–Crippen LogP) is 4.45. The first-order valence-electron chi connectivity index (χ1n) is 8.15. The van der Waals surface area contributed by atoms with E-state index in [1.807, 2.05) is 13.0 Å². The molecule has 5 heteroatoms. The first kappa shape index (κ1) is 18.9. The van der Waals surface area contributed by atoms with Gasteiger partial charge in [0.1, 0.15) is 0 Å². The highest BCUT2D eigenvalue weighted by Gasteiger charge is 2.12. The van der Waals surface area contributed by atoms with Gasteiger partial charge in [0.25, 0.3) is 0 Å². The van der Waals surface area contributed by atoms with Gasteiger partial charge in [0.2, 0.25) is 0 Å². The van der Waals surface area contributed by atoms with Crippen molar-refractivity contribution in [3.8, 4) is 0 Å². The second-order valence-electron chi connectivity index (χ2n) is 6.20. The number of benzene rings is 2. The molecule has 2 rings (SSSR count). The summed E-state index contributed by atoms with van der Waals surface area (Å²) in [4.78, 5) is 11.7. The van der Waals surface area contributed by atoms with Crippen LogP contribution in [0.1, 0.15) is 45.6 Å². The maximum Gasteiger partial charge on any atom is 0.337 e. The molecule has 0 bridgehead atoms. The van der Waals surface area contributed by atoms with Crippen LogP contribution < -0.4 is 10.6 Å². The van der Waals surface area contributed by atoms with Crippen LogP contribution in [0.15, 0.2) is 36.4 Å². The summed E-state index contributed by atoms with van der Waals surface area (Å²) in [6.45, 7) is 8.20. The minimum Gasteiger partial charge on any atom is -0.465 e. The third-order valence-corrected chi connectivity index (χ3v) is 4.38. The van der Waals surface area contributed by atoms with Gasteiger partial charge in [-0.25, -0.2) is 4.79 Å². The molecule has 0 heterocycles. The van der Waals surface area contributed by atoms with Crippen LogP contribution in [0, 0.1) is 20.8 Å².